The Morgan fingerprint density at radius 2 is 1.94 bits per heavy atom. The van der Waals surface area contributed by atoms with Crippen molar-refractivity contribution in [2.24, 2.45) is 0 Å². The maximum atomic E-state index is 12.7. The predicted octanol–water partition coefficient (Wildman–Crippen LogP) is 1.51. The highest BCUT2D eigenvalue weighted by molar-refractivity contribution is 5.96. The minimum Gasteiger partial charge on any atom is -0.467 e. The first kappa shape index (κ1) is 13.2. The maximum absolute atomic E-state index is 12.7. The molecule has 0 bridgehead atoms. The lowest BCUT2D eigenvalue weighted by Crippen LogP contribution is -2.41. The first-order chi connectivity index (χ1) is 8.08. The summed E-state index contributed by atoms with van der Waals surface area (Å²) >= 11 is 0. The number of hydrogen-bond acceptors (Lipinski definition) is 3. The molecule has 5 heteroatoms. The summed E-state index contributed by atoms with van der Waals surface area (Å²) in [4.78, 5) is 23.0. The second-order valence-corrected chi connectivity index (χ2v) is 3.46. The second-order valence-electron chi connectivity index (χ2n) is 3.46. The smallest absolute Gasteiger partial charge is 0.328 e. The molecule has 0 radical (unpaired) electrons. The van der Waals surface area contributed by atoms with Gasteiger partial charge in [0.2, 0.25) is 0 Å². The number of carbonyl (C=O) groups is 2. The molecule has 0 aliphatic heterocycles. The first-order valence-electron chi connectivity index (χ1n) is 5.22. The van der Waals surface area contributed by atoms with Crippen LogP contribution in [0.15, 0.2) is 24.3 Å². The molecule has 0 saturated heterocycles. The number of rotatable bonds is 4. The van der Waals surface area contributed by atoms with E-state index >= 15 is 0 Å². The second kappa shape index (κ2) is 5.98. The van der Waals surface area contributed by atoms with Crippen molar-refractivity contribution >= 4 is 11.9 Å². The number of amides is 1. The van der Waals surface area contributed by atoms with Crippen LogP contribution in [0.5, 0.6) is 0 Å². The predicted molar refractivity (Wildman–Crippen MR) is 60.0 cm³/mol. The molecule has 0 aromatic heterocycles. The Balaban J connectivity index is 2.71. The molecule has 0 aliphatic carbocycles. The van der Waals surface area contributed by atoms with Crippen LogP contribution in [0.2, 0.25) is 0 Å². The molecule has 1 N–H and O–H groups in total. The van der Waals surface area contributed by atoms with Crippen molar-refractivity contribution in [3.05, 3.63) is 35.6 Å². The molecular formula is C12H14FNO3. The Morgan fingerprint density at radius 3 is 2.41 bits per heavy atom. The zero-order valence-electron chi connectivity index (χ0n) is 9.70. The number of esters is 1. The molecular weight excluding hydrogens is 225 g/mol. The van der Waals surface area contributed by atoms with E-state index < -0.39 is 23.7 Å². The fourth-order valence-corrected chi connectivity index (χ4v) is 1.31. The van der Waals surface area contributed by atoms with E-state index in [9.17, 15) is 14.0 Å². The lowest BCUT2D eigenvalue weighted by molar-refractivity contribution is -0.142. The van der Waals surface area contributed by atoms with Gasteiger partial charge in [-0.3, -0.25) is 4.79 Å². The number of methoxy groups -OCH3 is 1. The van der Waals surface area contributed by atoms with Gasteiger partial charge in [0, 0.05) is 5.56 Å². The molecule has 17 heavy (non-hydrogen) atoms. The Kier molecular flexibility index (Phi) is 4.63. The van der Waals surface area contributed by atoms with Gasteiger partial charge < -0.3 is 10.1 Å². The van der Waals surface area contributed by atoms with Crippen molar-refractivity contribution in [3.8, 4) is 0 Å². The van der Waals surface area contributed by atoms with Crippen molar-refractivity contribution in [1.82, 2.24) is 5.32 Å². The van der Waals surface area contributed by atoms with E-state index in [2.05, 4.69) is 10.1 Å². The molecule has 0 heterocycles. The van der Waals surface area contributed by atoms with E-state index in [1.54, 1.807) is 6.92 Å². The Bertz CT molecular complexity index is 403. The summed E-state index contributed by atoms with van der Waals surface area (Å²) in [6.07, 6.45) is 0.430. The SMILES string of the molecule is CC[C@H](NC(=O)c1ccc(F)cc1)C(=O)OC. The number of carbonyl (C=O) groups excluding carboxylic acids is 2. The zero-order chi connectivity index (χ0) is 12.8. The van der Waals surface area contributed by atoms with Crippen LogP contribution in [0.3, 0.4) is 0 Å². The lowest BCUT2D eigenvalue weighted by Gasteiger charge is -2.14. The average Bonchev–Trinajstić information content (AvgIpc) is 2.35. The van der Waals surface area contributed by atoms with Crippen molar-refractivity contribution in [2.45, 2.75) is 19.4 Å². The van der Waals surface area contributed by atoms with Crippen LogP contribution < -0.4 is 5.32 Å². The van der Waals surface area contributed by atoms with E-state index in [1.807, 2.05) is 0 Å². The normalized spacial score (nSPS) is 11.7. The minimum atomic E-state index is -0.683. The number of nitrogens with one attached hydrogen (secondary N) is 1. The average molecular weight is 239 g/mol. The number of ether oxygens (including phenoxy) is 1. The molecule has 0 fully saturated rings. The zero-order valence-corrected chi connectivity index (χ0v) is 9.70. The quantitative estimate of drug-likeness (QED) is 0.810. The molecule has 0 spiro atoms. The van der Waals surface area contributed by atoms with Gasteiger partial charge in [-0.05, 0) is 30.7 Å². The third-order valence-corrected chi connectivity index (χ3v) is 2.31. The van der Waals surface area contributed by atoms with Crippen LogP contribution in [0.4, 0.5) is 4.39 Å². The summed E-state index contributed by atoms with van der Waals surface area (Å²) in [5, 5.41) is 2.52. The standard InChI is InChI=1S/C12H14FNO3/c1-3-10(12(16)17-2)14-11(15)8-4-6-9(13)7-5-8/h4-7,10H,3H2,1-2H3,(H,14,15)/t10-/m0/s1. The fraction of sp³-hybridized carbons (Fsp3) is 0.333. The maximum Gasteiger partial charge on any atom is 0.328 e. The summed E-state index contributed by atoms with van der Waals surface area (Å²) in [7, 11) is 1.26. The van der Waals surface area contributed by atoms with E-state index in [-0.39, 0.29) is 0 Å². The first-order valence-corrected chi connectivity index (χ1v) is 5.22. The monoisotopic (exact) mass is 239 g/mol. The van der Waals surface area contributed by atoms with E-state index in [1.165, 1.54) is 31.4 Å². The number of hydrogen-bond donors (Lipinski definition) is 1. The molecule has 0 saturated carbocycles. The van der Waals surface area contributed by atoms with Crippen LogP contribution in [0.25, 0.3) is 0 Å². The van der Waals surface area contributed by atoms with Crippen LogP contribution in [-0.4, -0.2) is 25.0 Å². The summed E-state index contributed by atoms with van der Waals surface area (Å²) in [5.41, 5.74) is 0.300. The molecule has 1 aromatic carbocycles. The summed E-state index contributed by atoms with van der Waals surface area (Å²) in [6.45, 7) is 1.76. The van der Waals surface area contributed by atoms with Gasteiger partial charge in [-0.25, -0.2) is 9.18 Å². The van der Waals surface area contributed by atoms with Gasteiger partial charge in [0.05, 0.1) is 7.11 Å². The van der Waals surface area contributed by atoms with Gasteiger partial charge in [-0.1, -0.05) is 6.92 Å². The summed E-state index contributed by atoms with van der Waals surface area (Å²) in [5.74, 6) is -1.34. The highest BCUT2D eigenvalue weighted by atomic mass is 19.1. The molecule has 92 valence electrons. The van der Waals surface area contributed by atoms with Gasteiger partial charge in [-0.2, -0.15) is 0 Å². The molecule has 0 unspecified atom stereocenters. The van der Waals surface area contributed by atoms with E-state index in [0.717, 1.165) is 0 Å². The van der Waals surface area contributed by atoms with Gasteiger partial charge in [0.1, 0.15) is 11.9 Å². The van der Waals surface area contributed by atoms with Crippen molar-refractivity contribution in [1.29, 1.82) is 0 Å². The van der Waals surface area contributed by atoms with Gasteiger partial charge in [-0.15, -0.1) is 0 Å². The van der Waals surface area contributed by atoms with Crippen LogP contribution in [0.1, 0.15) is 23.7 Å². The summed E-state index contributed by atoms with van der Waals surface area (Å²) < 4.78 is 17.2. The van der Waals surface area contributed by atoms with Crippen LogP contribution >= 0.6 is 0 Å². The van der Waals surface area contributed by atoms with Crippen LogP contribution in [0, 0.1) is 5.82 Å². The van der Waals surface area contributed by atoms with Gasteiger partial charge in [0.25, 0.3) is 5.91 Å². The molecule has 1 atom stereocenters. The molecule has 0 aliphatic rings. The number of halogens is 1. The van der Waals surface area contributed by atoms with E-state index in [4.69, 9.17) is 0 Å². The lowest BCUT2D eigenvalue weighted by atomic mass is 10.1. The van der Waals surface area contributed by atoms with Crippen molar-refractivity contribution in [2.75, 3.05) is 7.11 Å². The Morgan fingerprint density at radius 1 is 1.35 bits per heavy atom. The van der Waals surface area contributed by atoms with E-state index in [0.29, 0.717) is 12.0 Å². The molecule has 4 nitrogen and oxygen atoms in total. The third-order valence-electron chi connectivity index (χ3n) is 2.31. The topological polar surface area (TPSA) is 55.4 Å². The third kappa shape index (κ3) is 3.55. The van der Waals surface area contributed by atoms with Gasteiger partial charge in [0.15, 0.2) is 0 Å². The largest absolute Gasteiger partial charge is 0.467 e. The Hall–Kier alpha value is -1.91. The highest BCUT2D eigenvalue weighted by Crippen LogP contribution is 2.04. The minimum absolute atomic E-state index is 0.300. The highest BCUT2D eigenvalue weighted by Gasteiger charge is 2.19. The van der Waals surface area contributed by atoms with Crippen LogP contribution in [-0.2, 0) is 9.53 Å². The molecule has 1 rings (SSSR count). The Labute approximate surface area is 98.8 Å². The summed E-state index contributed by atoms with van der Waals surface area (Å²) in [6, 6.07) is 4.41. The van der Waals surface area contributed by atoms with Gasteiger partial charge >= 0.3 is 5.97 Å². The molecule has 1 amide bonds. The number of benzene rings is 1. The molecule has 1 aromatic rings. The van der Waals surface area contributed by atoms with Crippen molar-refractivity contribution < 1.29 is 18.7 Å². The fourth-order valence-electron chi connectivity index (χ4n) is 1.31. The van der Waals surface area contributed by atoms with Crippen molar-refractivity contribution in [3.63, 3.8) is 0 Å².